The van der Waals surface area contributed by atoms with Gasteiger partial charge in [0.05, 0.1) is 0 Å². The van der Waals surface area contributed by atoms with Gasteiger partial charge in [0, 0.05) is 0 Å². The monoisotopic (exact) mass is 334 g/mol. The summed E-state index contributed by atoms with van der Waals surface area (Å²) in [6.45, 7) is 12.2. The molecule has 0 aliphatic carbocycles. The van der Waals surface area contributed by atoms with Crippen LogP contribution in [0.1, 0.15) is 129 Å². The molecule has 0 aromatic heterocycles. The topological polar surface area (TPSA) is 0 Å². The maximum absolute atomic E-state index is 3.83. The van der Waals surface area contributed by atoms with Gasteiger partial charge in [-0.15, -0.1) is 0 Å². The quantitative estimate of drug-likeness (QED) is 0.151. The molecule has 0 bridgehead atoms. The Morgan fingerprint density at radius 3 is 0.826 bits per heavy atom. The molecule has 1 heteroatoms. The van der Waals surface area contributed by atoms with E-state index < -0.39 is 0 Å². The minimum Gasteiger partial charge on any atom is -0.343 e. The van der Waals surface area contributed by atoms with Crippen LogP contribution in [0.4, 0.5) is 0 Å². The van der Waals surface area contributed by atoms with Crippen LogP contribution in [0, 0.1) is 13.8 Å². The van der Waals surface area contributed by atoms with Crippen molar-refractivity contribution in [1.29, 1.82) is 0 Å². The second-order valence-electron chi connectivity index (χ2n) is 6.66. The average Bonchev–Trinajstić information content (AvgIpc) is 2.54. The molecule has 136 valence electrons. The smallest absolute Gasteiger partial charge is 0.343 e. The minimum atomic E-state index is 0. The van der Waals surface area contributed by atoms with Crippen molar-refractivity contribution in [2.24, 2.45) is 0 Å². The van der Waals surface area contributed by atoms with Crippen LogP contribution in [0.5, 0.6) is 0 Å². The number of hydrogen-bond acceptors (Lipinski definition) is 0. The van der Waals surface area contributed by atoms with Gasteiger partial charge < -0.3 is 13.8 Å². The maximum atomic E-state index is 3.83. The van der Waals surface area contributed by atoms with E-state index in [0.29, 0.717) is 0 Å². The molecular formula is C22H46Mg. The number of unbranched alkanes of at least 4 members (excludes halogenated alkanes) is 16. The summed E-state index contributed by atoms with van der Waals surface area (Å²) >= 11 is 0. The summed E-state index contributed by atoms with van der Waals surface area (Å²) in [5.74, 6) is 0. The Balaban J connectivity index is -0.000000333. The normalized spacial score (nSPS) is 9.91. The predicted molar refractivity (Wildman–Crippen MR) is 111 cm³/mol. The molecule has 0 radical (unpaired) electrons. The summed E-state index contributed by atoms with van der Waals surface area (Å²) in [6, 6.07) is 0. The van der Waals surface area contributed by atoms with Crippen LogP contribution in [0.2, 0.25) is 0 Å². The first-order valence-corrected chi connectivity index (χ1v) is 10.4. The van der Waals surface area contributed by atoms with E-state index in [2.05, 4.69) is 27.7 Å². The van der Waals surface area contributed by atoms with Crippen molar-refractivity contribution in [1.82, 2.24) is 0 Å². The molecule has 0 unspecified atom stereocenters. The van der Waals surface area contributed by atoms with Crippen LogP contribution < -0.4 is 0 Å². The van der Waals surface area contributed by atoms with Gasteiger partial charge in [0.1, 0.15) is 0 Å². The number of hydrogen-bond donors (Lipinski definition) is 0. The molecule has 23 heavy (non-hydrogen) atoms. The molecule has 0 fully saturated rings. The van der Waals surface area contributed by atoms with Crippen molar-refractivity contribution < 1.29 is 0 Å². The molecule has 0 spiro atoms. The zero-order valence-corrected chi connectivity index (χ0v) is 18.3. The van der Waals surface area contributed by atoms with Crippen LogP contribution in [0.15, 0.2) is 0 Å². The Bertz CT molecular complexity index is 122. The fourth-order valence-corrected chi connectivity index (χ4v) is 2.62. The van der Waals surface area contributed by atoms with E-state index in [4.69, 9.17) is 0 Å². The average molecular weight is 335 g/mol. The molecule has 0 N–H and O–H groups in total. The van der Waals surface area contributed by atoms with E-state index in [-0.39, 0.29) is 23.1 Å². The molecule has 0 aliphatic rings. The zero-order valence-electron chi connectivity index (χ0n) is 16.8. The molecule has 0 atom stereocenters. The minimum absolute atomic E-state index is 0. The van der Waals surface area contributed by atoms with Gasteiger partial charge in [0.15, 0.2) is 0 Å². The van der Waals surface area contributed by atoms with Gasteiger partial charge in [0.2, 0.25) is 0 Å². The summed E-state index contributed by atoms with van der Waals surface area (Å²) in [6.07, 6.45) is 24.8. The number of rotatable bonds is 16. The van der Waals surface area contributed by atoms with E-state index in [1.165, 1.54) is 103 Å². The summed E-state index contributed by atoms with van der Waals surface area (Å²) in [5.41, 5.74) is 0. The van der Waals surface area contributed by atoms with E-state index in [1.54, 1.807) is 0 Å². The summed E-state index contributed by atoms with van der Waals surface area (Å²) in [7, 11) is 0. The van der Waals surface area contributed by atoms with Gasteiger partial charge in [-0.05, 0) is 0 Å². The first-order chi connectivity index (χ1) is 10.8. The standard InChI is InChI=1S/2C11H23.Mg/c2*1-3-5-7-9-11-10-8-6-4-2;/h2*1,3-11H2,2H3;/q2*-1;+2. The Morgan fingerprint density at radius 2 is 0.609 bits per heavy atom. The van der Waals surface area contributed by atoms with E-state index in [1.807, 2.05) is 0 Å². The van der Waals surface area contributed by atoms with Gasteiger partial charge in [-0.1, -0.05) is 117 Å². The van der Waals surface area contributed by atoms with Crippen molar-refractivity contribution in [3.63, 3.8) is 0 Å². The first-order valence-electron chi connectivity index (χ1n) is 10.4. The largest absolute Gasteiger partial charge is 2.00 e. The molecule has 0 aromatic carbocycles. The van der Waals surface area contributed by atoms with Crippen molar-refractivity contribution in [2.75, 3.05) is 0 Å². The molecule has 0 rings (SSSR count). The molecule has 0 heterocycles. The summed E-state index contributed by atoms with van der Waals surface area (Å²) < 4.78 is 0. The van der Waals surface area contributed by atoms with Gasteiger partial charge >= 0.3 is 23.1 Å². The van der Waals surface area contributed by atoms with Gasteiger partial charge in [-0.2, -0.15) is 12.8 Å². The second kappa shape index (κ2) is 30.6. The summed E-state index contributed by atoms with van der Waals surface area (Å²) in [4.78, 5) is 0. The summed E-state index contributed by atoms with van der Waals surface area (Å²) in [5, 5.41) is 0. The molecule has 0 aromatic rings. The van der Waals surface area contributed by atoms with E-state index >= 15 is 0 Å². The van der Waals surface area contributed by atoms with E-state index in [0.717, 1.165) is 12.8 Å². The third kappa shape index (κ3) is 34.9. The first kappa shape index (κ1) is 28.6. The van der Waals surface area contributed by atoms with Gasteiger partial charge in [0.25, 0.3) is 0 Å². The van der Waals surface area contributed by atoms with Crippen LogP contribution >= 0.6 is 0 Å². The van der Waals surface area contributed by atoms with Crippen LogP contribution in [0.25, 0.3) is 0 Å². The second-order valence-corrected chi connectivity index (χ2v) is 6.66. The van der Waals surface area contributed by atoms with Crippen LogP contribution in [-0.2, 0) is 0 Å². The van der Waals surface area contributed by atoms with Crippen molar-refractivity contribution in [3.05, 3.63) is 13.8 Å². The third-order valence-electron chi connectivity index (χ3n) is 4.21. The Kier molecular flexibility index (Phi) is 38.0. The zero-order chi connectivity index (χ0) is 16.7. The van der Waals surface area contributed by atoms with Crippen LogP contribution in [0.3, 0.4) is 0 Å². The SMILES string of the molecule is [CH2-]CCCCCCCCCC.[CH2-]CCCCCCCCCC.[Mg+2]. The Labute approximate surface area is 166 Å². The van der Waals surface area contributed by atoms with Crippen molar-refractivity contribution >= 4 is 23.1 Å². The fraction of sp³-hybridized carbons (Fsp3) is 0.909. The maximum Gasteiger partial charge on any atom is 2.00 e. The molecule has 0 saturated carbocycles. The molecule has 0 saturated heterocycles. The van der Waals surface area contributed by atoms with E-state index in [9.17, 15) is 0 Å². The molecule has 0 aliphatic heterocycles. The Hall–Kier alpha value is 0.766. The molecule has 0 amide bonds. The molecule has 0 nitrogen and oxygen atoms in total. The van der Waals surface area contributed by atoms with Crippen molar-refractivity contribution in [2.45, 2.75) is 129 Å². The van der Waals surface area contributed by atoms with Crippen molar-refractivity contribution in [3.8, 4) is 0 Å². The van der Waals surface area contributed by atoms with Crippen LogP contribution in [-0.4, -0.2) is 23.1 Å². The molecular weight excluding hydrogens is 289 g/mol. The predicted octanol–water partition coefficient (Wildman–Crippen LogP) is 8.32. The Morgan fingerprint density at radius 1 is 0.391 bits per heavy atom. The van der Waals surface area contributed by atoms with Gasteiger partial charge in [-0.25, -0.2) is 0 Å². The fourth-order valence-electron chi connectivity index (χ4n) is 2.62. The van der Waals surface area contributed by atoms with Gasteiger partial charge in [-0.3, -0.25) is 0 Å². The third-order valence-corrected chi connectivity index (χ3v) is 4.21.